The van der Waals surface area contributed by atoms with E-state index in [0.717, 1.165) is 25.2 Å². The Morgan fingerprint density at radius 3 is 2.48 bits per heavy atom. The number of benzene rings is 1. The van der Waals surface area contributed by atoms with Crippen molar-refractivity contribution in [1.82, 2.24) is 15.5 Å². The molecule has 2 amide bonds. The summed E-state index contributed by atoms with van der Waals surface area (Å²) in [4.78, 5) is 26.9. The van der Waals surface area contributed by atoms with Gasteiger partial charge in [-0.1, -0.05) is 30.3 Å². The van der Waals surface area contributed by atoms with E-state index in [0.29, 0.717) is 11.4 Å². The largest absolute Gasteiger partial charge is 0.350 e. The van der Waals surface area contributed by atoms with Crippen LogP contribution in [0.4, 0.5) is 0 Å². The zero-order chi connectivity index (χ0) is 17.5. The fourth-order valence-electron chi connectivity index (χ4n) is 2.98. The summed E-state index contributed by atoms with van der Waals surface area (Å²) in [5.74, 6) is -0.388. The monoisotopic (exact) mass is 357 g/mol. The molecule has 0 spiro atoms. The number of thiophene rings is 1. The van der Waals surface area contributed by atoms with Crippen LogP contribution in [0.15, 0.2) is 41.8 Å². The topological polar surface area (TPSA) is 61.4 Å². The van der Waals surface area contributed by atoms with Gasteiger partial charge in [-0.25, -0.2) is 0 Å². The molecule has 25 heavy (non-hydrogen) atoms. The summed E-state index contributed by atoms with van der Waals surface area (Å²) in [7, 11) is 0. The number of nitrogens with one attached hydrogen (secondary N) is 2. The van der Waals surface area contributed by atoms with Gasteiger partial charge in [-0.2, -0.15) is 0 Å². The first kappa shape index (κ1) is 17.6. The summed E-state index contributed by atoms with van der Waals surface area (Å²) in [6, 6.07) is 11.8. The van der Waals surface area contributed by atoms with Crippen molar-refractivity contribution in [3.63, 3.8) is 0 Å². The average molecular weight is 357 g/mol. The predicted molar refractivity (Wildman–Crippen MR) is 99.5 cm³/mol. The van der Waals surface area contributed by atoms with Crippen LogP contribution in [0.1, 0.15) is 33.6 Å². The second kappa shape index (κ2) is 8.78. The molecular formula is C19H23N3O2S. The molecule has 2 N–H and O–H groups in total. The number of hydrogen-bond donors (Lipinski definition) is 2. The summed E-state index contributed by atoms with van der Waals surface area (Å²) in [6.45, 7) is 3.70. The zero-order valence-electron chi connectivity index (χ0n) is 14.2. The maximum atomic E-state index is 12.0. The second-order valence-electron chi connectivity index (χ2n) is 6.19. The Bertz CT molecular complexity index is 709. The molecule has 2 aromatic rings. The minimum absolute atomic E-state index is 0.00890. The molecule has 0 saturated carbocycles. The minimum atomic E-state index is -0.209. The third-order valence-corrected chi connectivity index (χ3v) is 5.21. The molecule has 0 radical (unpaired) electrons. The summed E-state index contributed by atoms with van der Waals surface area (Å²) in [5, 5.41) is 7.38. The number of nitrogens with zero attached hydrogens (tertiary/aromatic N) is 1. The molecule has 1 aliphatic rings. The fourth-order valence-corrected chi connectivity index (χ4v) is 3.62. The van der Waals surface area contributed by atoms with Crippen LogP contribution in [0, 0.1) is 0 Å². The molecule has 1 aliphatic heterocycles. The molecule has 0 bridgehead atoms. The molecule has 1 fully saturated rings. The van der Waals surface area contributed by atoms with Gasteiger partial charge in [-0.05, 0) is 48.5 Å². The molecule has 0 atom stereocenters. The molecular weight excluding hydrogens is 334 g/mol. The third-order valence-electron chi connectivity index (χ3n) is 4.34. The summed E-state index contributed by atoms with van der Waals surface area (Å²) >= 11 is 1.36. The van der Waals surface area contributed by atoms with Gasteiger partial charge in [0.05, 0.1) is 11.4 Å². The van der Waals surface area contributed by atoms with Crippen LogP contribution in [0.25, 0.3) is 0 Å². The Labute approximate surface area is 152 Å². The van der Waals surface area contributed by atoms with E-state index in [9.17, 15) is 9.59 Å². The predicted octanol–water partition coefficient (Wildman–Crippen LogP) is 2.39. The summed E-state index contributed by atoms with van der Waals surface area (Å²) in [5.41, 5.74) is 2.39. The lowest BCUT2D eigenvalue weighted by molar-refractivity contribution is -0.120. The normalized spacial score (nSPS) is 14.4. The minimum Gasteiger partial charge on any atom is -0.350 e. The highest BCUT2D eigenvalue weighted by Crippen LogP contribution is 2.16. The zero-order valence-corrected chi connectivity index (χ0v) is 15.0. The number of amides is 2. The van der Waals surface area contributed by atoms with Gasteiger partial charge in [0.15, 0.2) is 0 Å². The molecule has 1 aromatic carbocycles. The first-order valence-electron chi connectivity index (χ1n) is 8.60. The van der Waals surface area contributed by atoms with E-state index >= 15 is 0 Å². The third kappa shape index (κ3) is 5.14. The summed E-state index contributed by atoms with van der Waals surface area (Å²) < 4.78 is 0. The van der Waals surface area contributed by atoms with Crippen LogP contribution in [0.3, 0.4) is 0 Å². The Kier molecular flexibility index (Phi) is 6.19. The van der Waals surface area contributed by atoms with Gasteiger partial charge in [-0.15, -0.1) is 11.3 Å². The average Bonchev–Trinajstić information content (AvgIpc) is 3.32. The molecule has 5 nitrogen and oxygen atoms in total. The van der Waals surface area contributed by atoms with Crippen molar-refractivity contribution in [2.45, 2.75) is 25.9 Å². The number of carbonyl (C=O) groups is 2. The van der Waals surface area contributed by atoms with Crippen LogP contribution < -0.4 is 10.6 Å². The van der Waals surface area contributed by atoms with Gasteiger partial charge in [0.25, 0.3) is 5.91 Å². The molecule has 0 unspecified atom stereocenters. The van der Waals surface area contributed by atoms with E-state index in [1.807, 2.05) is 23.6 Å². The Balaban J connectivity index is 1.47. The highest BCUT2D eigenvalue weighted by Gasteiger charge is 2.14. The van der Waals surface area contributed by atoms with E-state index < -0.39 is 0 Å². The van der Waals surface area contributed by atoms with Crippen molar-refractivity contribution in [2.24, 2.45) is 0 Å². The molecule has 2 heterocycles. The number of likely N-dealkylation sites (tertiary alicyclic amines) is 1. The molecule has 6 heteroatoms. The quantitative estimate of drug-likeness (QED) is 0.800. The SMILES string of the molecule is O=C(CNC(=O)c1cccs1)NCc1ccccc1CN1CCCC1. The Morgan fingerprint density at radius 2 is 1.76 bits per heavy atom. The first-order chi connectivity index (χ1) is 12.2. The van der Waals surface area contributed by atoms with Crippen molar-refractivity contribution in [1.29, 1.82) is 0 Å². The molecule has 3 rings (SSSR count). The lowest BCUT2D eigenvalue weighted by atomic mass is 10.1. The van der Waals surface area contributed by atoms with Crippen molar-refractivity contribution in [3.05, 3.63) is 57.8 Å². The van der Waals surface area contributed by atoms with Crippen molar-refractivity contribution >= 4 is 23.2 Å². The highest BCUT2D eigenvalue weighted by atomic mass is 32.1. The smallest absolute Gasteiger partial charge is 0.261 e. The molecule has 1 saturated heterocycles. The van der Waals surface area contributed by atoms with Gasteiger partial charge >= 0.3 is 0 Å². The van der Waals surface area contributed by atoms with E-state index in [-0.39, 0.29) is 18.4 Å². The number of hydrogen-bond acceptors (Lipinski definition) is 4. The lowest BCUT2D eigenvalue weighted by Crippen LogP contribution is -2.36. The lowest BCUT2D eigenvalue weighted by Gasteiger charge is -2.17. The van der Waals surface area contributed by atoms with Crippen molar-refractivity contribution < 1.29 is 9.59 Å². The van der Waals surface area contributed by atoms with Gasteiger partial charge in [-0.3, -0.25) is 14.5 Å². The van der Waals surface area contributed by atoms with Crippen LogP contribution in [0.2, 0.25) is 0 Å². The van der Waals surface area contributed by atoms with Gasteiger partial charge in [0.1, 0.15) is 0 Å². The summed E-state index contributed by atoms with van der Waals surface area (Å²) in [6.07, 6.45) is 2.53. The van der Waals surface area contributed by atoms with Gasteiger partial charge < -0.3 is 10.6 Å². The van der Waals surface area contributed by atoms with Gasteiger partial charge in [0.2, 0.25) is 5.91 Å². The van der Waals surface area contributed by atoms with E-state index in [1.54, 1.807) is 6.07 Å². The van der Waals surface area contributed by atoms with Crippen molar-refractivity contribution in [3.8, 4) is 0 Å². The van der Waals surface area contributed by atoms with Gasteiger partial charge in [0, 0.05) is 13.1 Å². The van der Waals surface area contributed by atoms with Crippen LogP contribution in [0.5, 0.6) is 0 Å². The fraction of sp³-hybridized carbons (Fsp3) is 0.368. The van der Waals surface area contributed by atoms with Crippen LogP contribution in [-0.2, 0) is 17.9 Å². The molecule has 0 aliphatic carbocycles. The van der Waals surface area contributed by atoms with E-state index in [1.165, 1.54) is 29.7 Å². The van der Waals surface area contributed by atoms with Crippen LogP contribution >= 0.6 is 11.3 Å². The van der Waals surface area contributed by atoms with Crippen LogP contribution in [-0.4, -0.2) is 36.3 Å². The highest BCUT2D eigenvalue weighted by molar-refractivity contribution is 7.12. The second-order valence-corrected chi connectivity index (χ2v) is 7.14. The molecule has 132 valence electrons. The van der Waals surface area contributed by atoms with E-state index in [2.05, 4.69) is 27.7 Å². The standard InChI is InChI=1S/C19H23N3O2S/c23-18(13-21-19(24)17-8-5-11-25-17)20-12-15-6-1-2-7-16(15)14-22-9-3-4-10-22/h1-2,5-8,11H,3-4,9-10,12-14H2,(H,20,23)(H,21,24). The Morgan fingerprint density at radius 1 is 1.00 bits per heavy atom. The number of rotatable bonds is 7. The maximum Gasteiger partial charge on any atom is 0.261 e. The first-order valence-corrected chi connectivity index (χ1v) is 9.48. The van der Waals surface area contributed by atoms with Crippen molar-refractivity contribution in [2.75, 3.05) is 19.6 Å². The van der Waals surface area contributed by atoms with E-state index in [4.69, 9.17) is 0 Å². The maximum absolute atomic E-state index is 12.0. The Hall–Kier alpha value is -2.18. The number of carbonyl (C=O) groups excluding carboxylic acids is 2. The molecule has 1 aromatic heterocycles.